The number of carboxylic acids is 1. The minimum Gasteiger partial charge on any atom is -0.481 e. The molecule has 6 rings (SSSR count). The van der Waals surface area contributed by atoms with Gasteiger partial charge in [-0.15, -0.1) is 0 Å². The number of aromatic nitrogens is 4. The Morgan fingerprint density at radius 2 is 2.05 bits per heavy atom. The summed E-state index contributed by atoms with van der Waals surface area (Å²) < 4.78 is 17.3. The van der Waals surface area contributed by atoms with Crippen molar-refractivity contribution in [3.05, 3.63) is 106 Å². The van der Waals surface area contributed by atoms with Crippen molar-refractivity contribution in [3.8, 4) is 0 Å². The second kappa shape index (κ2) is 10.6. The number of fused-ring (bicyclic) bond motifs is 2. The second-order valence-corrected chi connectivity index (χ2v) is 10.4. The average Bonchev–Trinajstić information content (AvgIpc) is 3.52. The van der Waals surface area contributed by atoms with E-state index in [0.29, 0.717) is 48.1 Å². The largest absolute Gasteiger partial charge is 0.481 e. The van der Waals surface area contributed by atoms with E-state index >= 15 is 0 Å². The summed E-state index contributed by atoms with van der Waals surface area (Å²) in [6.45, 7) is 1.95. The van der Waals surface area contributed by atoms with Gasteiger partial charge in [0.15, 0.2) is 5.60 Å². The fourth-order valence-corrected chi connectivity index (χ4v) is 5.17. The third kappa shape index (κ3) is 5.20. The molecule has 4 aromatic rings. The fraction of sp³-hybridized carbons (Fsp3) is 0.258. The highest BCUT2D eigenvalue weighted by molar-refractivity contribution is 6.04. The van der Waals surface area contributed by atoms with Crippen LogP contribution >= 0.6 is 0 Å². The number of allylic oxidation sites excluding steroid dienone is 6. The first-order valence-corrected chi connectivity index (χ1v) is 13.5. The smallest absolute Gasteiger partial charge is 0.303 e. The summed E-state index contributed by atoms with van der Waals surface area (Å²) in [5, 5.41) is 13.8. The molecule has 208 valence electrons. The van der Waals surface area contributed by atoms with Gasteiger partial charge in [-0.2, -0.15) is 0 Å². The number of carbonyl (C=O) groups is 1. The molecule has 10 heteroatoms. The van der Waals surface area contributed by atoms with E-state index in [1.165, 1.54) is 10.6 Å². The number of aryl methyl sites for hydroxylation is 1. The van der Waals surface area contributed by atoms with Crippen molar-refractivity contribution in [2.45, 2.75) is 51.0 Å². The molecule has 2 aliphatic rings. The molecule has 9 nitrogen and oxygen atoms in total. The lowest BCUT2D eigenvalue weighted by molar-refractivity contribution is -0.137. The van der Waals surface area contributed by atoms with E-state index in [2.05, 4.69) is 5.16 Å². The van der Waals surface area contributed by atoms with Crippen LogP contribution in [0.15, 0.2) is 88.9 Å². The molecule has 1 aliphatic heterocycles. The van der Waals surface area contributed by atoms with Gasteiger partial charge in [0.1, 0.15) is 23.0 Å². The number of nitrogens with zero attached hydrogens (tertiary/aromatic N) is 5. The van der Waals surface area contributed by atoms with Crippen LogP contribution in [0.4, 0.5) is 4.39 Å². The number of imidazole rings is 1. The molecule has 1 N–H and O–H groups in total. The van der Waals surface area contributed by atoms with Gasteiger partial charge in [0.25, 0.3) is 5.56 Å². The SMILES string of the molecule is C[C@@]1(c2cn3ccccc3n2)CC(c2ccc3c(=O)n(C4=CC=C(F)CC=C4)c(CCCCC(=O)O)nc3c2)=NO1. The Kier molecular flexibility index (Phi) is 6.82. The van der Waals surface area contributed by atoms with Gasteiger partial charge in [-0.25, -0.2) is 14.4 Å². The molecular weight excluding hydrogens is 525 g/mol. The van der Waals surface area contributed by atoms with Crippen molar-refractivity contribution in [3.63, 3.8) is 0 Å². The van der Waals surface area contributed by atoms with Crippen LogP contribution < -0.4 is 5.56 Å². The van der Waals surface area contributed by atoms with Crippen LogP contribution in [-0.4, -0.2) is 35.7 Å². The van der Waals surface area contributed by atoms with Gasteiger partial charge in [0.2, 0.25) is 0 Å². The summed E-state index contributed by atoms with van der Waals surface area (Å²) in [4.78, 5) is 40.2. The molecule has 1 aliphatic carbocycles. The van der Waals surface area contributed by atoms with Crippen LogP contribution in [0.5, 0.6) is 0 Å². The van der Waals surface area contributed by atoms with E-state index < -0.39 is 11.6 Å². The molecule has 4 heterocycles. The molecule has 0 spiro atoms. The monoisotopic (exact) mass is 553 g/mol. The Hall–Kier alpha value is -4.86. The normalized spacial score (nSPS) is 18.6. The zero-order valence-corrected chi connectivity index (χ0v) is 22.5. The van der Waals surface area contributed by atoms with E-state index in [1.807, 2.05) is 54.0 Å². The Balaban J connectivity index is 1.35. The first-order chi connectivity index (χ1) is 19.8. The number of unbranched alkanes of at least 4 members (excludes halogenated alkanes) is 1. The summed E-state index contributed by atoms with van der Waals surface area (Å²) in [6, 6.07) is 11.2. The molecule has 0 amide bonds. The summed E-state index contributed by atoms with van der Waals surface area (Å²) in [7, 11) is 0. The van der Waals surface area contributed by atoms with Crippen molar-refractivity contribution < 1.29 is 19.1 Å². The van der Waals surface area contributed by atoms with E-state index in [1.54, 1.807) is 24.3 Å². The van der Waals surface area contributed by atoms with Gasteiger partial charge >= 0.3 is 5.97 Å². The number of rotatable bonds is 8. The van der Waals surface area contributed by atoms with E-state index in [-0.39, 0.29) is 24.2 Å². The summed E-state index contributed by atoms with van der Waals surface area (Å²) in [5.74, 6) is -0.694. The fourth-order valence-electron chi connectivity index (χ4n) is 5.17. The van der Waals surface area contributed by atoms with E-state index in [0.717, 1.165) is 22.6 Å². The third-order valence-corrected chi connectivity index (χ3v) is 7.38. The van der Waals surface area contributed by atoms with Gasteiger partial charge in [-0.3, -0.25) is 14.2 Å². The third-order valence-electron chi connectivity index (χ3n) is 7.38. The molecule has 3 aromatic heterocycles. The van der Waals surface area contributed by atoms with Gasteiger partial charge < -0.3 is 14.3 Å². The maximum atomic E-state index is 13.9. The molecule has 1 atom stereocenters. The Morgan fingerprint density at radius 3 is 2.88 bits per heavy atom. The van der Waals surface area contributed by atoms with Gasteiger partial charge in [-0.1, -0.05) is 23.4 Å². The highest BCUT2D eigenvalue weighted by atomic mass is 19.1. The predicted molar refractivity (Wildman–Crippen MR) is 153 cm³/mol. The standard InChI is InChI=1S/C31H28FN5O4/c1-31(26-19-36-16-5-4-9-27(36)34-26)18-25(35-41-31)20-12-15-23-24(17-20)33-28(10-2-3-11-29(38)39)37(30(23)40)22-8-6-7-21(32)13-14-22/h4-6,8-9,12-17,19H,2-3,7,10-11,18H2,1H3,(H,38,39)/t31-/m0/s1. The molecule has 1 aromatic carbocycles. The van der Waals surface area contributed by atoms with Crippen LogP contribution in [-0.2, 0) is 21.7 Å². The zero-order chi connectivity index (χ0) is 28.6. The quantitative estimate of drug-likeness (QED) is 0.287. The van der Waals surface area contributed by atoms with Crippen molar-refractivity contribution in [1.29, 1.82) is 0 Å². The molecule has 0 bridgehead atoms. The zero-order valence-electron chi connectivity index (χ0n) is 22.5. The lowest BCUT2D eigenvalue weighted by Gasteiger charge is -2.18. The number of oxime groups is 1. The van der Waals surface area contributed by atoms with Crippen molar-refractivity contribution >= 4 is 33.9 Å². The van der Waals surface area contributed by atoms with Gasteiger partial charge in [-0.05, 0) is 62.3 Å². The molecule has 0 saturated carbocycles. The molecular formula is C31H28FN5O4. The molecule has 41 heavy (non-hydrogen) atoms. The number of aliphatic carboxylic acids is 1. The summed E-state index contributed by atoms with van der Waals surface area (Å²) in [5.41, 5.74) is 3.07. The topological polar surface area (TPSA) is 111 Å². The number of hydrogen-bond acceptors (Lipinski definition) is 6. The van der Waals surface area contributed by atoms with Crippen LogP contribution in [0.1, 0.15) is 56.1 Å². The lowest BCUT2D eigenvalue weighted by atomic mass is 9.93. The summed E-state index contributed by atoms with van der Waals surface area (Å²) in [6.07, 6.45) is 12.2. The Morgan fingerprint density at radius 1 is 1.17 bits per heavy atom. The van der Waals surface area contributed by atoms with E-state index in [9.17, 15) is 14.0 Å². The van der Waals surface area contributed by atoms with Crippen LogP contribution in [0, 0.1) is 0 Å². The van der Waals surface area contributed by atoms with Crippen LogP contribution in [0.25, 0.3) is 22.2 Å². The first-order valence-electron chi connectivity index (χ1n) is 13.5. The minimum atomic E-state index is -0.872. The molecule has 0 radical (unpaired) electrons. The second-order valence-electron chi connectivity index (χ2n) is 10.4. The average molecular weight is 554 g/mol. The van der Waals surface area contributed by atoms with Gasteiger partial charge in [0, 0.05) is 43.6 Å². The predicted octanol–water partition coefficient (Wildman–Crippen LogP) is 5.54. The molecule has 0 saturated heterocycles. The number of halogens is 1. The highest BCUT2D eigenvalue weighted by Crippen LogP contribution is 2.36. The summed E-state index contributed by atoms with van der Waals surface area (Å²) >= 11 is 0. The van der Waals surface area contributed by atoms with Crippen molar-refractivity contribution in [2.75, 3.05) is 0 Å². The van der Waals surface area contributed by atoms with Gasteiger partial charge in [0.05, 0.1) is 22.3 Å². The highest BCUT2D eigenvalue weighted by Gasteiger charge is 2.39. The van der Waals surface area contributed by atoms with Crippen LogP contribution in [0.2, 0.25) is 0 Å². The minimum absolute atomic E-state index is 0.0312. The van der Waals surface area contributed by atoms with Crippen molar-refractivity contribution in [2.24, 2.45) is 5.16 Å². The number of hydrogen-bond donors (Lipinski definition) is 1. The first kappa shape index (κ1) is 26.4. The Labute approximate surface area is 234 Å². The number of carboxylic acid groups (broad SMARTS) is 1. The van der Waals surface area contributed by atoms with Crippen molar-refractivity contribution in [1.82, 2.24) is 18.9 Å². The van der Waals surface area contributed by atoms with Crippen LogP contribution in [0.3, 0.4) is 0 Å². The maximum absolute atomic E-state index is 13.9. The maximum Gasteiger partial charge on any atom is 0.303 e. The number of pyridine rings is 1. The lowest BCUT2D eigenvalue weighted by Crippen LogP contribution is -2.25. The number of benzene rings is 1. The molecule has 0 unspecified atom stereocenters. The van der Waals surface area contributed by atoms with E-state index in [4.69, 9.17) is 19.9 Å². The molecule has 0 fully saturated rings. The Bertz CT molecular complexity index is 1830.